The van der Waals surface area contributed by atoms with Gasteiger partial charge in [-0.25, -0.2) is 9.97 Å². The Balaban J connectivity index is 1.70. The first-order chi connectivity index (χ1) is 13.6. The molecule has 1 aliphatic carbocycles. The molecule has 1 aromatic heterocycles. The van der Waals surface area contributed by atoms with Crippen LogP contribution in [-0.4, -0.2) is 52.7 Å². The van der Waals surface area contributed by atoms with E-state index in [2.05, 4.69) is 34.3 Å². The zero-order valence-electron chi connectivity index (χ0n) is 16.7. The van der Waals surface area contributed by atoms with Crippen molar-refractivity contribution in [2.75, 3.05) is 20.3 Å². The van der Waals surface area contributed by atoms with Gasteiger partial charge in [0.25, 0.3) is 0 Å². The van der Waals surface area contributed by atoms with Crippen molar-refractivity contribution in [2.24, 2.45) is 11.8 Å². The number of rotatable bonds is 9. The number of nitrogens with one attached hydrogen (secondary N) is 1. The normalized spacial score (nSPS) is 24.6. The molecule has 1 aliphatic rings. The molecule has 4 unspecified atom stereocenters. The van der Waals surface area contributed by atoms with Crippen molar-refractivity contribution >= 4 is 0 Å². The SMILES string of the molecule is COCCc1nccc(CC2C(NCc3ccccc3C)CC(O)C2CO)n1. The lowest BCUT2D eigenvalue weighted by atomic mass is 9.88. The van der Waals surface area contributed by atoms with Crippen LogP contribution in [0.4, 0.5) is 0 Å². The zero-order chi connectivity index (χ0) is 19.9. The van der Waals surface area contributed by atoms with Crippen LogP contribution in [0, 0.1) is 18.8 Å². The molecule has 1 fully saturated rings. The van der Waals surface area contributed by atoms with Crippen molar-refractivity contribution in [3.05, 3.63) is 59.2 Å². The number of aliphatic hydroxyl groups excluding tert-OH is 2. The second-order valence-electron chi connectivity index (χ2n) is 7.64. The Bertz CT molecular complexity index is 755. The third-order valence-electron chi connectivity index (χ3n) is 5.82. The molecule has 2 aromatic rings. The van der Waals surface area contributed by atoms with Gasteiger partial charge in [-0.1, -0.05) is 24.3 Å². The van der Waals surface area contributed by atoms with E-state index in [-0.39, 0.29) is 24.5 Å². The molecule has 6 nitrogen and oxygen atoms in total. The van der Waals surface area contributed by atoms with Gasteiger partial charge in [0, 0.05) is 50.5 Å². The van der Waals surface area contributed by atoms with Crippen LogP contribution in [0.3, 0.4) is 0 Å². The highest BCUT2D eigenvalue weighted by Crippen LogP contribution is 2.35. The third kappa shape index (κ3) is 5.14. The molecule has 0 radical (unpaired) electrons. The molecule has 3 rings (SSSR count). The Labute approximate surface area is 167 Å². The highest BCUT2D eigenvalue weighted by molar-refractivity contribution is 5.25. The van der Waals surface area contributed by atoms with Crippen LogP contribution < -0.4 is 5.32 Å². The molecule has 1 saturated carbocycles. The summed E-state index contributed by atoms with van der Waals surface area (Å²) >= 11 is 0. The summed E-state index contributed by atoms with van der Waals surface area (Å²) in [5, 5.41) is 24.0. The lowest BCUT2D eigenvalue weighted by Crippen LogP contribution is -2.36. The van der Waals surface area contributed by atoms with Gasteiger partial charge >= 0.3 is 0 Å². The lowest BCUT2D eigenvalue weighted by molar-refractivity contribution is 0.0716. The van der Waals surface area contributed by atoms with Gasteiger partial charge in [-0.05, 0) is 42.9 Å². The molecule has 0 amide bonds. The molecule has 4 atom stereocenters. The molecule has 0 bridgehead atoms. The summed E-state index contributed by atoms with van der Waals surface area (Å²) in [7, 11) is 1.67. The standard InChI is InChI=1S/C22H31N3O3/c1-15-5-3-4-6-16(15)13-24-20-12-21(27)19(14-26)18(20)11-17-7-9-23-22(25-17)8-10-28-2/h3-7,9,18-21,24,26-27H,8,10-14H2,1-2H3. The lowest BCUT2D eigenvalue weighted by Gasteiger charge is -2.25. The predicted molar refractivity (Wildman–Crippen MR) is 108 cm³/mol. The van der Waals surface area contributed by atoms with Crippen LogP contribution in [0.2, 0.25) is 0 Å². The summed E-state index contributed by atoms with van der Waals surface area (Å²) < 4.78 is 5.11. The summed E-state index contributed by atoms with van der Waals surface area (Å²) in [5.41, 5.74) is 3.45. The quantitative estimate of drug-likeness (QED) is 0.609. The Hall–Kier alpha value is -1.86. The van der Waals surface area contributed by atoms with E-state index in [1.165, 1.54) is 11.1 Å². The molecule has 6 heteroatoms. The third-order valence-corrected chi connectivity index (χ3v) is 5.82. The maximum atomic E-state index is 10.5. The molecule has 1 aromatic carbocycles. The molecular formula is C22H31N3O3. The van der Waals surface area contributed by atoms with E-state index in [1.54, 1.807) is 13.3 Å². The number of nitrogens with zero attached hydrogens (tertiary/aromatic N) is 2. The average molecular weight is 386 g/mol. The summed E-state index contributed by atoms with van der Waals surface area (Å²) in [6.07, 6.45) is 3.30. The summed E-state index contributed by atoms with van der Waals surface area (Å²) in [5.74, 6) is 0.740. The fourth-order valence-electron chi connectivity index (χ4n) is 4.14. The first-order valence-corrected chi connectivity index (χ1v) is 9.99. The highest BCUT2D eigenvalue weighted by Gasteiger charge is 2.42. The van der Waals surface area contributed by atoms with Crippen molar-refractivity contribution in [1.29, 1.82) is 0 Å². The van der Waals surface area contributed by atoms with Crippen LogP contribution in [0.25, 0.3) is 0 Å². The van der Waals surface area contributed by atoms with Gasteiger partial charge in [-0.3, -0.25) is 0 Å². The van der Waals surface area contributed by atoms with Crippen LogP contribution in [0.5, 0.6) is 0 Å². The zero-order valence-corrected chi connectivity index (χ0v) is 16.7. The number of aliphatic hydroxyl groups is 2. The first kappa shape index (κ1) is 20.9. The topological polar surface area (TPSA) is 87.5 Å². The van der Waals surface area contributed by atoms with E-state index in [9.17, 15) is 10.2 Å². The Morgan fingerprint density at radius 3 is 2.79 bits per heavy atom. The first-order valence-electron chi connectivity index (χ1n) is 9.99. The Kier molecular flexibility index (Phi) is 7.50. The molecule has 0 spiro atoms. The number of methoxy groups -OCH3 is 1. The molecule has 1 heterocycles. The van der Waals surface area contributed by atoms with Gasteiger partial charge < -0.3 is 20.3 Å². The molecular weight excluding hydrogens is 354 g/mol. The van der Waals surface area contributed by atoms with Crippen LogP contribution >= 0.6 is 0 Å². The number of hydrogen-bond acceptors (Lipinski definition) is 6. The van der Waals surface area contributed by atoms with Crippen LogP contribution in [0.1, 0.15) is 29.1 Å². The maximum Gasteiger partial charge on any atom is 0.130 e. The van der Waals surface area contributed by atoms with Crippen LogP contribution in [-0.2, 0) is 24.1 Å². The second-order valence-corrected chi connectivity index (χ2v) is 7.64. The summed E-state index contributed by atoms with van der Waals surface area (Å²) in [4.78, 5) is 8.96. The van der Waals surface area contributed by atoms with E-state index in [1.807, 2.05) is 18.2 Å². The van der Waals surface area contributed by atoms with E-state index in [4.69, 9.17) is 4.74 Å². The van der Waals surface area contributed by atoms with Crippen molar-refractivity contribution < 1.29 is 14.9 Å². The van der Waals surface area contributed by atoms with E-state index >= 15 is 0 Å². The largest absolute Gasteiger partial charge is 0.396 e. The molecule has 0 aliphatic heterocycles. The van der Waals surface area contributed by atoms with E-state index in [0.717, 1.165) is 18.1 Å². The summed E-state index contributed by atoms with van der Waals surface area (Å²) in [6, 6.07) is 10.4. The van der Waals surface area contributed by atoms with Gasteiger partial charge in [0.05, 0.1) is 12.7 Å². The molecule has 152 valence electrons. The number of aryl methyl sites for hydroxylation is 1. The highest BCUT2D eigenvalue weighted by atomic mass is 16.5. The molecule has 3 N–H and O–H groups in total. The van der Waals surface area contributed by atoms with Gasteiger partial charge in [0.15, 0.2) is 0 Å². The fraction of sp³-hybridized carbons (Fsp3) is 0.545. The van der Waals surface area contributed by atoms with Gasteiger partial charge in [0.1, 0.15) is 5.82 Å². The van der Waals surface area contributed by atoms with E-state index < -0.39 is 6.10 Å². The Morgan fingerprint density at radius 2 is 2.04 bits per heavy atom. The van der Waals surface area contributed by atoms with Crippen molar-refractivity contribution in [2.45, 2.75) is 44.9 Å². The number of benzene rings is 1. The monoisotopic (exact) mass is 385 g/mol. The van der Waals surface area contributed by atoms with Crippen molar-refractivity contribution in [3.8, 4) is 0 Å². The van der Waals surface area contributed by atoms with Gasteiger partial charge in [-0.15, -0.1) is 0 Å². The van der Waals surface area contributed by atoms with E-state index in [0.29, 0.717) is 25.9 Å². The number of aromatic nitrogens is 2. The smallest absolute Gasteiger partial charge is 0.130 e. The fourth-order valence-corrected chi connectivity index (χ4v) is 4.14. The number of ether oxygens (including phenoxy) is 1. The van der Waals surface area contributed by atoms with Gasteiger partial charge in [0.2, 0.25) is 0 Å². The minimum Gasteiger partial charge on any atom is -0.396 e. The second kappa shape index (κ2) is 10.1. The van der Waals surface area contributed by atoms with Crippen molar-refractivity contribution in [1.82, 2.24) is 15.3 Å². The predicted octanol–water partition coefficient (Wildman–Crippen LogP) is 1.66. The maximum absolute atomic E-state index is 10.5. The Morgan fingerprint density at radius 1 is 1.21 bits per heavy atom. The minimum absolute atomic E-state index is 0.0179. The van der Waals surface area contributed by atoms with Crippen LogP contribution in [0.15, 0.2) is 36.5 Å². The van der Waals surface area contributed by atoms with Gasteiger partial charge in [-0.2, -0.15) is 0 Å². The molecule has 0 saturated heterocycles. The minimum atomic E-state index is -0.501. The summed E-state index contributed by atoms with van der Waals surface area (Å²) in [6.45, 7) is 3.43. The van der Waals surface area contributed by atoms with Crippen molar-refractivity contribution in [3.63, 3.8) is 0 Å². The average Bonchev–Trinajstić information content (AvgIpc) is 3.00. The molecule has 28 heavy (non-hydrogen) atoms. The number of hydrogen-bond donors (Lipinski definition) is 3.